The number of hydrogen-bond acceptors (Lipinski definition) is 4. The van der Waals surface area contributed by atoms with Crippen molar-refractivity contribution in [1.29, 1.82) is 0 Å². The third-order valence-corrected chi connectivity index (χ3v) is 4.66. The molecule has 0 spiro atoms. The zero-order chi connectivity index (χ0) is 18.4. The molecule has 26 heavy (non-hydrogen) atoms. The topological polar surface area (TPSA) is 74.6 Å². The van der Waals surface area contributed by atoms with Gasteiger partial charge in [-0.25, -0.2) is 0 Å². The third-order valence-electron chi connectivity index (χ3n) is 4.66. The predicted octanol–water partition coefficient (Wildman–Crippen LogP) is 3.16. The Labute approximate surface area is 153 Å². The first-order chi connectivity index (χ1) is 12.6. The van der Waals surface area contributed by atoms with Crippen LogP contribution >= 0.6 is 0 Å². The molecule has 0 atom stereocenters. The van der Waals surface area contributed by atoms with Gasteiger partial charge < -0.3 is 20.0 Å². The molecule has 0 bridgehead atoms. The summed E-state index contributed by atoms with van der Waals surface area (Å²) in [6.45, 7) is 4.72. The molecule has 2 aromatic rings. The molecular weight excluding hydrogens is 330 g/mol. The first-order valence-electron chi connectivity index (χ1n) is 9.04. The lowest BCUT2D eigenvalue weighted by Crippen LogP contribution is -2.32. The van der Waals surface area contributed by atoms with Gasteiger partial charge in [0, 0.05) is 24.5 Å². The quantitative estimate of drug-likeness (QED) is 0.781. The molecule has 1 aliphatic rings. The monoisotopic (exact) mass is 355 g/mol. The molecule has 0 radical (unpaired) electrons. The van der Waals surface area contributed by atoms with Crippen LogP contribution in [-0.4, -0.2) is 24.9 Å². The molecule has 138 valence electrons. The van der Waals surface area contributed by atoms with Crippen molar-refractivity contribution >= 4 is 23.2 Å². The molecule has 0 unspecified atom stereocenters. The van der Waals surface area contributed by atoms with Crippen LogP contribution in [0.5, 0.6) is 0 Å². The zero-order valence-electron chi connectivity index (χ0n) is 15.0. The van der Waals surface area contributed by atoms with Gasteiger partial charge in [-0.15, -0.1) is 0 Å². The molecule has 6 heteroatoms. The van der Waals surface area contributed by atoms with Crippen LogP contribution in [0.25, 0.3) is 0 Å². The van der Waals surface area contributed by atoms with Crippen molar-refractivity contribution in [3.05, 3.63) is 48.4 Å². The lowest BCUT2D eigenvalue weighted by atomic mass is 9.99. The van der Waals surface area contributed by atoms with Crippen LogP contribution in [0.3, 0.4) is 0 Å². The van der Waals surface area contributed by atoms with E-state index in [-0.39, 0.29) is 24.8 Å². The molecule has 1 fully saturated rings. The van der Waals surface area contributed by atoms with E-state index in [1.165, 1.54) is 18.5 Å². The van der Waals surface area contributed by atoms with Crippen LogP contribution in [0.15, 0.2) is 47.1 Å². The summed E-state index contributed by atoms with van der Waals surface area (Å²) in [7, 11) is 0. The van der Waals surface area contributed by atoms with Crippen LogP contribution in [-0.2, 0) is 16.1 Å². The second-order valence-electron chi connectivity index (χ2n) is 6.80. The number of nitrogens with one attached hydrogen (secondary N) is 2. The van der Waals surface area contributed by atoms with Gasteiger partial charge in [0.25, 0.3) is 0 Å². The van der Waals surface area contributed by atoms with Crippen molar-refractivity contribution in [2.45, 2.75) is 32.7 Å². The lowest BCUT2D eigenvalue weighted by Gasteiger charge is -2.32. The lowest BCUT2D eigenvalue weighted by molar-refractivity contribution is -0.127. The van der Waals surface area contributed by atoms with Gasteiger partial charge in [-0.05, 0) is 55.2 Å². The Morgan fingerprint density at radius 2 is 1.85 bits per heavy atom. The molecule has 1 saturated heterocycles. The highest BCUT2D eigenvalue weighted by molar-refractivity contribution is 6.03. The normalized spacial score (nSPS) is 14.9. The minimum absolute atomic E-state index is 0.216. The highest BCUT2D eigenvalue weighted by Crippen LogP contribution is 2.24. The number of furan rings is 1. The fourth-order valence-electron chi connectivity index (χ4n) is 3.03. The number of nitrogens with zero attached hydrogens (tertiary/aromatic N) is 1. The summed E-state index contributed by atoms with van der Waals surface area (Å²) < 4.78 is 5.13. The van der Waals surface area contributed by atoms with Gasteiger partial charge in [0.15, 0.2) is 0 Å². The van der Waals surface area contributed by atoms with E-state index in [0.717, 1.165) is 19.0 Å². The molecule has 6 nitrogen and oxygen atoms in total. The summed E-state index contributed by atoms with van der Waals surface area (Å²) in [5, 5.41) is 5.42. The Balaban J connectivity index is 1.44. The second-order valence-corrected chi connectivity index (χ2v) is 6.80. The number of piperidine rings is 1. The average Bonchev–Trinajstić information content (AvgIpc) is 3.15. The molecule has 1 aromatic heterocycles. The maximum atomic E-state index is 12.0. The minimum Gasteiger partial charge on any atom is -0.467 e. The highest BCUT2D eigenvalue weighted by atomic mass is 16.3. The Morgan fingerprint density at radius 3 is 2.50 bits per heavy atom. The molecule has 2 N–H and O–H groups in total. The first kappa shape index (κ1) is 18.0. The van der Waals surface area contributed by atoms with Crippen molar-refractivity contribution in [3.8, 4) is 0 Å². The summed E-state index contributed by atoms with van der Waals surface area (Å²) in [4.78, 5) is 26.2. The van der Waals surface area contributed by atoms with Gasteiger partial charge in [-0.3, -0.25) is 9.59 Å². The summed E-state index contributed by atoms with van der Waals surface area (Å²) in [5.41, 5.74) is 1.87. The van der Waals surface area contributed by atoms with E-state index in [9.17, 15) is 9.59 Å². The zero-order valence-corrected chi connectivity index (χ0v) is 15.0. The van der Waals surface area contributed by atoms with Crippen molar-refractivity contribution in [3.63, 3.8) is 0 Å². The Hall–Kier alpha value is -2.76. The van der Waals surface area contributed by atoms with E-state index < -0.39 is 0 Å². The molecular formula is C20H25N3O3. The Morgan fingerprint density at radius 1 is 1.12 bits per heavy atom. The van der Waals surface area contributed by atoms with Crippen LogP contribution in [0.2, 0.25) is 0 Å². The molecule has 1 aliphatic heterocycles. The van der Waals surface area contributed by atoms with Crippen LogP contribution < -0.4 is 15.5 Å². The van der Waals surface area contributed by atoms with Gasteiger partial charge in [-0.2, -0.15) is 0 Å². The maximum Gasteiger partial charge on any atom is 0.233 e. The number of amides is 2. The largest absolute Gasteiger partial charge is 0.467 e. The maximum absolute atomic E-state index is 12.0. The van der Waals surface area contributed by atoms with Crippen LogP contribution in [0.4, 0.5) is 11.4 Å². The number of hydrogen-bond donors (Lipinski definition) is 2. The Kier molecular flexibility index (Phi) is 5.94. The smallest absolute Gasteiger partial charge is 0.233 e. The summed E-state index contributed by atoms with van der Waals surface area (Å²) in [5.74, 6) is 0.782. The number of benzene rings is 1. The molecule has 1 aromatic carbocycles. The summed E-state index contributed by atoms with van der Waals surface area (Å²) >= 11 is 0. The van der Waals surface area contributed by atoms with Crippen molar-refractivity contribution in [1.82, 2.24) is 5.32 Å². The molecule has 2 heterocycles. The van der Waals surface area contributed by atoms with E-state index in [0.29, 0.717) is 11.4 Å². The van der Waals surface area contributed by atoms with Crippen molar-refractivity contribution in [2.75, 3.05) is 23.3 Å². The number of rotatable bonds is 6. The molecule has 2 amide bonds. The van der Waals surface area contributed by atoms with E-state index in [1.54, 1.807) is 18.4 Å². The van der Waals surface area contributed by atoms with Crippen molar-refractivity contribution in [2.24, 2.45) is 5.92 Å². The summed E-state index contributed by atoms with van der Waals surface area (Å²) in [6.07, 6.45) is 3.76. The van der Waals surface area contributed by atoms with Gasteiger partial charge >= 0.3 is 0 Å². The summed E-state index contributed by atoms with van der Waals surface area (Å²) in [6, 6.07) is 11.3. The molecule has 3 rings (SSSR count). The fourth-order valence-corrected chi connectivity index (χ4v) is 3.03. The van der Waals surface area contributed by atoms with E-state index in [1.807, 2.05) is 24.3 Å². The first-order valence-corrected chi connectivity index (χ1v) is 9.04. The molecule has 0 saturated carbocycles. The number of anilines is 2. The third kappa shape index (κ3) is 5.12. The SMILES string of the molecule is CC1CCN(c2ccc(NC(=O)CC(=O)NCc3ccco3)cc2)CC1. The van der Waals surface area contributed by atoms with E-state index >= 15 is 0 Å². The van der Waals surface area contributed by atoms with Crippen LogP contribution in [0, 0.1) is 5.92 Å². The van der Waals surface area contributed by atoms with Gasteiger partial charge in [-0.1, -0.05) is 6.92 Å². The van der Waals surface area contributed by atoms with Gasteiger partial charge in [0.2, 0.25) is 11.8 Å². The van der Waals surface area contributed by atoms with E-state index in [2.05, 4.69) is 22.5 Å². The predicted molar refractivity (Wildman–Crippen MR) is 101 cm³/mol. The number of carbonyl (C=O) groups is 2. The number of carbonyl (C=O) groups excluding carboxylic acids is 2. The van der Waals surface area contributed by atoms with Gasteiger partial charge in [0.1, 0.15) is 12.2 Å². The fraction of sp³-hybridized carbons (Fsp3) is 0.400. The van der Waals surface area contributed by atoms with Crippen molar-refractivity contribution < 1.29 is 14.0 Å². The van der Waals surface area contributed by atoms with Crippen LogP contribution in [0.1, 0.15) is 31.9 Å². The minimum atomic E-state index is -0.335. The highest BCUT2D eigenvalue weighted by Gasteiger charge is 2.16. The van der Waals surface area contributed by atoms with Gasteiger partial charge in [0.05, 0.1) is 12.8 Å². The molecule has 0 aliphatic carbocycles. The standard InChI is InChI=1S/C20H25N3O3/c1-15-8-10-23(11-9-15)17-6-4-16(5-7-17)22-20(25)13-19(24)21-14-18-3-2-12-26-18/h2-7,12,15H,8-11,13-14H2,1H3,(H,21,24)(H,22,25). The Bertz CT molecular complexity index is 717. The second kappa shape index (κ2) is 8.56. The van der Waals surface area contributed by atoms with E-state index in [4.69, 9.17) is 4.42 Å². The average molecular weight is 355 g/mol.